The first-order chi connectivity index (χ1) is 13.8. The molecule has 0 heterocycles. The number of sulfonamides is 1. The minimum atomic E-state index is -3.70. The molecular formula is C22H19FN2O3S. The molecule has 0 aliphatic heterocycles. The summed E-state index contributed by atoms with van der Waals surface area (Å²) in [6.45, 7) is 1.63. The van der Waals surface area contributed by atoms with Gasteiger partial charge in [-0.05, 0) is 60.5 Å². The molecule has 0 saturated carbocycles. The van der Waals surface area contributed by atoms with Gasteiger partial charge in [-0.3, -0.25) is 9.52 Å². The normalized spacial score (nSPS) is 11.4. The van der Waals surface area contributed by atoms with Crippen molar-refractivity contribution >= 4 is 33.4 Å². The second kappa shape index (κ2) is 8.70. The molecule has 1 amide bonds. The number of benzene rings is 3. The topological polar surface area (TPSA) is 75.3 Å². The zero-order chi connectivity index (χ0) is 20.9. The summed E-state index contributed by atoms with van der Waals surface area (Å²) < 4.78 is 40.4. The molecule has 3 aromatic rings. The Morgan fingerprint density at radius 3 is 2.24 bits per heavy atom. The lowest BCUT2D eigenvalue weighted by Crippen LogP contribution is -2.13. The highest BCUT2D eigenvalue weighted by molar-refractivity contribution is 7.95. The van der Waals surface area contributed by atoms with Crippen LogP contribution in [0.1, 0.15) is 21.5 Å². The Morgan fingerprint density at radius 1 is 0.931 bits per heavy atom. The van der Waals surface area contributed by atoms with Crippen LogP contribution in [0.15, 0.2) is 78.2 Å². The molecule has 0 spiro atoms. The van der Waals surface area contributed by atoms with Crippen molar-refractivity contribution in [1.29, 1.82) is 0 Å². The van der Waals surface area contributed by atoms with Gasteiger partial charge in [0.1, 0.15) is 5.82 Å². The summed E-state index contributed by atoms with van der Waals surface area (Å²) in [6.07, 6.45) is 1.49. The molecule has 0 unspecified atom stereocenters. The molecule has 0 fully saturated rings. The molecule has 2 N–H and O–H groups in total. The van der Waals surface area contributed by atoms with Gasteiger partial charge in [-0.25, -0.2) is 12.8 Å². The molecule has 3 rings (SSSR count). The lowest BCUT2D eigenvalue weighted by atomic mass is 10.1. The van der Waals surface area contributed by atoms with E-state index in [0.717, 1.165) is 11.0 Å². The number of nitrogens with one attached hydrogen (secondary N) is 2. The van der Waals surface area contributed by atoms with Gasteiger partial charge in [0.25, 0.3) is 15.9 Å². The second-order valence-corrected chi connectivity index (χ2v) is 7.92. The Kier molecular flexibility index (Phi) is 6.09. The number of hydrogen-bond acceptors (Lipinski definition) is 3. The first-order valence-corrected chi connectivity index (χ1v) is 10.3. The predicted molar refractivity (Wildman–Crippen MR) is 114 cm³/mol. The van der Waals surface area contributed by atoms with Crippen LogP contribution in [0.3, 0.4) is 0 Å². The van der Waals surface area contributed by atoms with Crippen molar-refractivity contribution < 1.29 is 17.6 Å². The van der Waals surface area contributed by atoms with Gasteiger partial charge < -0.3 is 5.32 Å². The van der Waals surface area contributed by atoms with Gasteiger partial charge in [0.15, 0.2) is 0 Å². The van der Waals surface area contributed by atoms with Crippen molar-refractivity contribution in [2.24, 2.45) is 0 Å². The number of carbonyl (C=O) groups excluding carboxylic acids is 1. The number of aryl methyl sites for hydroxylation is 1. The highest BCUT2D eigenvalue weighted by Gasteiger charge is 2.10. The number of amides is 1. The standard InChI is InChI=1S/C22H19FN2O3S/c1-16-7-10-20(15-21(16)23)24-22(26)18-8-11-19(12-9-18)25-29(27,28)14-13-17-5-3-2-4-6-17/h2-15,25H,1H3,(H,24,26)/b14-13+. The zero-order valence-corrected chi connectivity index (χ0v) is 16.4. The maximum absolute atomic E-state index is 13.6. The Morgan fingerprint density at radius 2 is 1.59 bits per heavy atom. The lowest BCUT2D eigenvalue weighted by molar-refractivity contribution is 0.102. The van der Waals surface area contributed by atoms with Crippen LogP contribution >= 0.6 is 0 Å². The minimum Gasteiger partial charge on any atom is -0.322 e. The molecule has 7 heteroatoms. The molecule has 5 nitrogen and oxygen atoms in total. The quantitative estimate of drug-likeness (QED) is 0.613. The lowest BCUT2D eigenvalue weighted by Gasteiger charge is -2.08. The van der Waals surface area contributed by atoms with E-state index in [1.807, 2.05) is 18.2 Å². The van der Waals surface area contributed by atoms with Crippen LogP contribution in [0.2, 0.25) is 0 Å². The molecule has 3 aromatic carbocycles. The fourth-order valence-electron chi connectivity index (χ4n) is 2.49. The molecule has 148 valence electrons. The number of halogens is 1. The smallest absolute Gasteiger partial charge is 0.255 e. The molecule has 0 aromatic heterocycles. The largest absolute Gasteiger partial charge is 0.322 e. The molecule has 0 aliphatic carbocycles. The number of anilines is 2. The zero-order valence-electron chi connectivity index (χ0n) is 15.6. The highest BCUT2D eigenvalue weighted by Crippen LogP contribution is 2.17. The first-order valence-electron chi connectivity index (χ1n) is 8.76. The van der Waals surface area contributed by atoms with E-state index in [0.29, 0.717) is 22.5 Å². The molecule has 0 aliphatic rings. The van der Waals surface area contributed by atoms with Crippen LogP contribution in [-0.2, 0) is 10.0 Å². The Balaban J connectivity index is 1.65. The Bertz CT molecular complexity index is 1140. The molecule has 29 heavy (non-hydrogen) atoms. The average Bonchev–Trinajstić information content (AvgIpc) is 2.70. The summed E-state index contributed by atoms with van der Waals surface area (Å²) >= 11 is 0. The van der Waals surface area contributed by atoms with Crippen LogP contribution in [0.5, 0.6) is 0 Å². The minimum absolute atomic E-state index is 0.314. The maximum atomic E-state index is 13.6. The highest BCUT2D eigenvalue weighted by atomic mass is 32.2. The van der Waals surface area contributed by atoms with Gasteiger partial charge in [-0.15, -0.1) is 0 Å². The van der Waals surface area contributed by atoms with Crippen LogP contribution in [0.4, 0.5) is 15.8 Å². The van der Waals surface area contributed by atoms with Crippen LogP contribution in [0, 0.1) is 12.7 Å². The van der Waals surface area contributed by atoms with Gasteiger partial charge in [-0.1, -0.05) is 36.4 Å². The van der Waals surface area contributed by atoms with E-state index in [9.17, 15) is 17.6 Å². The molecule has 0 bridgehead atoms. The van der Waals surface area contributed by atoms with E-state index >= 15 is 0 Å². The van der Waals surface area contributed by atoms with Crippen molar-refractivity contribution in [2.75, 3.05) is 10.0 Å². The third kappa shape index (κ3) is 5.76. The van der Waals surface area contributed by atoms with E-state index < -0.39 is 21.7 Å². The van der Waals surface area contributed by atoms with E-state index in [2.05, 4.69) is 10.0 Å². The molecule has 0 radical (unpaired) electrons. The van der Waals surface area contributed by atoms with E-state index in [1.54, 1.807) is 31.2 Å². The summed E-state index contributed by atoms with van der Waals surface area (Å²) in [5.41, 5.74) is 2.22. The van der Waals surface area contributed by atoms with Gasteiger partial charge in [-0.2, -0.15) is 0 Å². The van der Waals surface area contributed by atoms with Gasteiger partial charge in [0.05, 0.1) is 5.41 Å². The summed E-state index contributed by atoms with van der Waals surface area (Å²) in [4.78, 5) is 12.3. The van der Waals surface area contributed by atoms with Crippen LogP contribution < -0.4 is 10.0 Å². The van der Waals surface area contributed by atoms with E-state index in [1.165, 1.54) is 36.4 Å². The summed E-state index contributed by atoms with van der Waals surface area (Å²) in [5, 5.41) is 3.68. The fourth-order valence-corrected chi connectivity index (χ4v) is 3.36. The van der Waals surface area contributed by atoms with E-state index in [4.69, 9.17) is 0 Å². The van der Waals surface area contributed by atoms with Gasteiger partial charge in [0, 0.05) is 16.9 Å². The molecule has 0 saturated heterocycles. The maximum Gasteiger partial charge on any atom is 0.255 e. The third-order valence-electron chi connectivity index (χ3n) is 4.08. The SMILES string of the molecule is Cc1ccc(NC(=O)c2ccc(NS(=O)(=O)/C=C/c3ccccc3)cc2)cc1F. The monoisotopic (exact) mass is 410 g/mol. The number of carbonyl (C=O) groups is 1. The second-order valence-electron chi connectivity index (χ2n) is 6.36. The summed E-state index contributed by atoms with van der Waals surface area (Å²) in [6, 6.07) is 19.4. The summed E-state index contributed by atoms with van der Waals surface area (Å²) in [5.74, 6) is -0.831. The van der Waals surface area contributed by atoms with Crippen molar-refractivity contribution in [2.45, 2.75) is 6.92 Å². The van der Waals surface area contributed by atoms with Crippen molar-refractivity contribution in [3.8, 4) is 0 Å². The number of hydrogen-bond donors (Lipinski definition) is 2. The van der Waals surface area contributed by atoms with Gasteiger partial charge in [0.2, 0.25) is 0 Å². The van der Waals surface area contributed by atoms with Crippen LogP contribution in [0.25, 0.3) is 6.08 Å². The van der Waals surface area contributed by atoms with Crippen molar-refractivity contribution in [1.82, 2.24) is 0 Å². The van der Waals surface area contributed by atoms with Crippen molar-refractivity contribution in [3.05, 3.63) is 101 Å². The van der Waals surface area contributed by atoms with Gasteiger partial charge >= 0.3 is 0 Å². The molecular weight excluding hydrogens is 391 g/mol. The first kappa shape index (κ1) is 20.3. The third-order valence-corrected chi connectivity index (χ3v) is 5.09. The van der Waals surface area contributed by atoms with E-state index in [-0.39, 0.29) is 0 Å². The Labute approximate surface area is 169 Å². The molecule has 0 atom stereocenters. The number of rotatable bonds is 6. The Hall–Kier alpha value is -3.45. The average molecular weight is 410 g/mol. The van der Waals surface area contributed by atoms with Crippen LogP contribution in [-0.4, -0.2) is 14.3 Å². The fraction of sp³-hybridized carbons (Fsp3) is 0.0455. The predicted octanol–water partition coefficient (Wildman–Crippen LogP) is 4.80. The summed E-state index contributed by atoms with van der Waals surface area (Å²) in [7, 11) is -3.70. The van der Waals surface area contributed by atoms with Crippen molar-refractivity contribution in [3.63, 3.8) is 0 Å².